The normalized spacial score (nSPS) is 18.0. The zero-order valence-electron chi connectivity index (χ0n) is 14.3. The van der Waals surface area contributed by atoms with E-state index in [9.17, 15) is 0 Å². The van der Waals surface area contributed by atoms with Crippen LogP contribution in [0.2, 0.25) is 0 Å². The Bertz CT molecular complexity index is 668. The van der Waals surface area contributed by atoms with Gasteiger partial charge in [-0.05, 0) is 57.2 Å². The van der Waals surface area contributed by atoms with Crippen LogP contribution in [0.15, 0.2) is 30.3 Å². The molecule has 1 fully saturated rings. The average molecular weight is 310 g/mol. The zero-order chi connectivity index (χ0) is 16.2. The Kier molecular flexibility index (Phi) is 4.79. The second kappa shape index (κ2) is 6.99. The van der Waals surface area contributed by atoms with Crippen molar-refractivity contribution in [1.82, 2.24) is 9.97 Å². The summed E-state index contributed by atoms with van der Waals surface area (Å²) in [6.45, 7) is 7.49. The topological polar surface area (TPSA) is 41.1 Å². The van der Waals surface area contributed by atoms with E-state index in [0.29, 0.717) is 12.0 Å². The molecule has 0 saturated carbocycles. The predicted molar refractivity (Wildman–Crippen MR) is 96.5 cm³/mol. The quantitative estimate of drug-likeness (QED) is 0.895. The Morgan fingerprint density at radius 2 is 2.04 bits per heavy atom. The lowest BCUT2D eigenvalue weighted by molar-refractivity contribution is 0.446. The third-order valence-electron chi connectivity index (χ3n) is 4.51. The number of rotatable bonds is 4. The van der Waals surface area contributed by atoms with Crippen molar-refractivity contribution in [3.05, 3.63) is 41.6 Å². The van der Waals surface area contributed by atoms with Crippen LogP contribution in [-0.2, 0) is 0 Å². The second-order valence-electron chi connectivity index (χ2n) is 6.44. The Labute approximate surface area is 139 Å². The van der Waals surface area contributed by atoms with Crippen LogP contribution in [0.1, 0.15) is 43.9 Å². The number of anilines is 3. The highest BCUT2D eigenvalue weighted by molar-refractivity contribution is 5.56. The molecule has 4 heteroatoms. The van der Waals surface area contributed by atoms with Gasteiger partial charge in [-0.2, -0.15) is 4.98 Å². The number of hydrogen-bond donors (Lipinski definition) is 1. The van der Waals surface area contributed by atoms with E-state index < -0.39 is 0 Å². The third kappa shape index (κ3) is 3.81. The number of piperidine rings is 1. The average Bonchev–Trinajstić information content (AvgIpc) is 2.54. The molecule has 1 N–H and O–H groups in total. The summed E-state index contributed by atoms with van der Waals surface area (Å²) in [6, 6.07) is 11.0. The fraction of sp³-hybridized carbons (Fsp3) is 0.474. The number of aromatic nitrogens is 2. The van der Waals surface area contributed by atoms with Gasteiger partial charge in [-0.25, -0.2) is 4.98 Å². The van der Waals surface area contributed by atoms with E-state index >= 15 is 0 Å². The standard InChI is InChI=1S/C19H26N4/c1-4-17-10-5-6-11-23(17)18-13-15(3)20-19(22-18)21-16-9-7-8-14(2)12-16/h7-9,12-13,17H,4-6,10-11H2,1-3H3,(H,20,21,22). The molecule has 1 aromatic heterocycles. The lowest BCUT2D eigenvalue weighted by Crippen LogP contribution is -2.39. The molecule has 0 bridgehead atoms. The Morgan fingerprint density at radius 3 is 2.83 bits per heavy atom. The summed E-state index contributed by atoms with van der Waals surface area (Å²) < 4.78 is 0. The SMILES string of the molecule is CCC1CCCCN1c1cc(C)nc(Nc2cccc(C)c2)n1. The molecule has 1 aliphatic heterocycles. The Morgan fingerprint density at radius 1 is 1.17 bits per heavy atom. The first-order chi connectivity index (χ1) is 11.2. The lowest BCUT2D eigenvalue weighted by Gasteiger charge is -2.36. The van der Waals surface area contributed by atoms with Crippen molar-refractivity contribution in [2.45, 2.75) is 52.5 Å². The van der Waals surface area contributed by atoms with E-state index in [1.165, 1.54) is 31.2 Å². The molecule has 23 heavy (non-hydrogen) atoms. The van der Waals surface area contributed by atoms with Crippen LogP contribution in [-0.4, -0.2) is 22.6 Å². The number of nitrogens with one attached hydrogen (secondary N) is 1. The molecule has 0 amide bonds. The molecular formula is C19H26N4. The maximum atomic E-state index is 4.78. The molecule has 0 radical (unpaired) electrons. The summed E-state index contributed by atoms with van der Waals surface area (Å²) in [5.74, 6) is 1.74. The van der Waals surface area contributed by atoms with Gasteiger partial charge in [0, 0.05) is 30.0 Å². The maximum absolute atomic E-state index is 4.78. The van der Waals surface area contributed by atoms with Crippen molar-refractivity contribution in [3.8, 4) is 0 Å². The largest absolute Gasteiger partial charge is 0.353 e. The summed E-state index contributed by atoms with van der Waals surface area (Å²) in [4.78, 5) is 11.8. The van der Waals surface area contributed by atoms with E-state index in [2.05, 4.69) is 47.2 Å². The van der Waals surface area contributed by atoms with Crippen LogP contribution in [0.5, 0.6) is 0 Å². The summed E-state index contributed by atoms with van der Waals surface area (Å²) in [7, 11) is 0. The van der Waals surface area contributed by atoms with E-state index in [4.69, 9.17) is 4.98 Å². The van der Waals surface area contributed by atoms with Gasteiger partial charge in [-0.1, -0.05) is 19.1 Å². The monoisotopic (exact) mass is 310 g/mol. The van der Waals surface area contributed by atoms with Gasteiger partial charge in [0.2, 0.25) is 5.95 Å². The molecule has 1 aromatic carbocycles. The molecule has 3 rings (SSSR count). The molecule has 2 heterocycles. The van der Waals surface area contributed by atoms with Gasteiger partial charge in [0.05, 0.1) is 0 Å². The van der Waals surface area contributed by atoms with Gasteiger partial charge < -0.3 is 10.2 Å². The molecule has 4 nitrogen and oxygen atoms in total. The van der Waals surface area contributed by atoms with Crippen LogP contribution in [0.25, 0.3) is 0 Å². The number of nitrogens with zero attached hydrogens (tertiary/aromatic N) is 3. The van der Waals surface area contributed by atoms with Crippen molar-refractivity contribution >= 4 is 17.5 Å². The van der Waals surface area contributed by atoms with Gasteiger partial charge in [0.15, 0.2) is 0 Å². The predicted octanol–water partition coefficient (Wildman–Crippen LogP) is 4.61. The van der Waals surface area contributed by atoms with Crippen LogP contribution < -0.4 is 10.2 Å². The maximum Gasteiger partial charge on any atom is 0.229 e. The van der Waals surface area contributed by atoms with Gasteiger partial charge in [0.1, 0.15) is 5.82 Å². The number of hydrogen-bond acceptors (Lipinski definition) is 4. The van der Waals surface area contributed by atoms with Crippen LogP contribution in [0.4, 0.5) is 17.5 Å². The second-order valence-corrected chi connectivity index (χ2v) is 6.44. The van der Waals surface area contributed by atoms with E-state index in [1.807, 2.05) is 19.1 Å². The fourth-order valence-electron chi connectivity index (χ4n) is 3.33. The molecule has 122 valence electrons. The minimum Gasteiger partial charge on any atom is -0.353 e. The van der Waals surface area contributed by atoms with Gasteiger partial charge in [-0.15, -0.1) is 0 Å². The van der Waals surface area contributed by atoms with Crippen molar-refractivity contribution in [3.63, 3.8) is 0 Å². The summed E-state index contributed by atoms with van der Waals surface area (Å²) in [5, 5.41) is 3.35. The van der Waals surface area contributed by atoms with Gasteiger partial charge in [0.25, 0.3) is 0 Å². The zero-order valence-corrected chi connectivity index (χ0v) is 14.3. The van der Waals surface area contributed by atoms with Crippen molar-refractivity contribution in [1.29, 1.82) is 0 Å². The number of benzene rings is 1. The summed E-state index contributed by atoms with van der Waals surface area (Å²) >= 11 is 0. The van der Waals surface area contributed by atoms with Crippen LogP contribution in [0.3, 0.4) is 0 Å². The molecule has 0 aliphatic carbocycles. The van der Waals surface area contributed by atoms with Gasteiger partial charge >= 0.3 is 0 Å². The van der Waals surface area contributed by atoms with Crippen molar-refractivity contribution < 1.29 is 0 Å². The lowest BCUT2D eigenvalue weighted by atomic mass is 10.00. The molecule has 1 atom stereocenters. The Balaban J connectivity index is 1.86. The summed E-state index contributed by atoms with van der Waals surface area (Å²) in [5.41, 5.74) is 3.27. The van der Waals surface area contributed by atoms with Gasteiger partial charge in [-0.3, -0.25) is 0 Å². The highest BCUT2D eigenvalue weighted by Crippen LogP contribution is 2.26. The Hall–Kier alpha value is -2.10. The molecule has 1 unspecified atom stereocenters. The first kappa shape index (κ1) is 15.8. The van der Waals surface area contributed by atoms with E-state index in [1.54, 1.807) is 0 Å². The molecule has 1 aliphatic rings. The van der Waals surface area contributed by atoms with Crippen LogP contribution >= 0.6 is 0 Å². The fourth-order valence-corrected chi connectivity index (χ4v) is 3.33. The highest BCUT2D eigenvalue weighted by atomic mass is 15.2. The van der Waals surface area contributed by atoms with E-state index in [0.717, 1.165) is 23.7 Å². The first-order valence-corrected chi connectivity index (χ1v) is 8.61. The molecular weight excluding hydrogens is 284 g/mol. The third-order valence-corrected chi connectivity index (χ3v) is 4.51. The minimum atomic E-state index is 0.602. The molecule has 1 saturated heterocycles. The highest BCUT2D eigenvalue weighted by Gasteiger charge is 2.22. The van der Waals surface area contributed by atoms with Crippen molar-refractivity contribution in [2.24, 2.45) is 0 Å². The minimum absolute atomic E-state index is 0.602. The smallest absolute Gasteiger partial charge is 0.229 e. The van der Waals surface area contributed by atoms with Crippen molar-refractivity contribution in [2.75, 3.05) is 16.8 Å². The van der Waals surface area contributed by atoms with E-state index in [-0.39, 0.29) is 0 Å². The van der Waals surface area contributed by atoms with Crippen LogP contribution in [0, 0.1) is 13.8 Å². The molecule has 0 spiro atoms. The first-order valence-electron chi connectivity index (χ1n) is 8.61. The number of aryl methyl sites for hydroxylation is 2. The molecule has 2 aromatic rings. The summed E-state index contributed by atoms with van der Waals surface area (Å²) in [6.07, 6.45) is 5.01.